The van der Waals surface area contributed by atoms with Gasteiger partial charge >= 0.3 is 12.0 Å². The topological polar surface area (TPSA) is 95.5 Å². The molecule has 0 radical (unpaired) electrons. The number of carbonyl (C=O) groups is 3. The SMILES string of the molecule is CCC1CCC(CNC(=O)NC(=O)CCC(=O)O)CC1. The average molecular weight is 284 g/mol. The van der Waals surface area contributed by atoms with Gasteiger partial charge in [-0.15, -0.1) is 0 Å². The van der Waals surface area contributed by atoms with E-state index in [0.29, 0.717) is 12.5 Å². The maximum absolute atomic E-state index is 11.5. The van der Waals surface area contributed by atoms with Crippen LogP contribution in [0.25, 0.3) is 0 Å². The number of carboxylic acids is 1. The Morgan fingerprint density at radius 1 is 1.05 bits per heavy atom. The fraction of sp³-hybridized carbons (Fsp3) is 0.786. The molecule has 0 aliphatic heterocycles. The second kappa shape index (κ2) is 8.55. The van der Waals surface area contributed by atoms with Crippen LogP contribution in [0.4, 0.5) is 4.79 Å². The van der Waals surface area contributed by atoms with E-state index in [1.165, 1.54) is 19.3 Å². The van der Waals surface area contributed by atoms with E-state index in [1.54, 1.807) is 0 Å². The Balaban J connectivity index is 2.14. The second-order valence-corrected chi connectivity index (χ2v) is 5.45. The van der Waals surface area contributed by atoms with Gasteiger partial charge < -0.3 is 10.4 Å². The summed E-state index contributed by atoms with van der Waals surface area (Å²) in [7, 11) is 0. The monoisotopic (exact) mass is 284 g/mol. The maximum atomic E-state index is 11.5. The van der Waals surface area contributed by atoms with E-state index in [0.717, 1.165) is 18.8 Å². The summed E-state index contributed by atoms with van der Waals surface area (Å²) in [5.74, 6) is -0.303. The molecule has 0 aromatic carbocycles. The number of carboxylic acid groups (broad SMARTS) is 1. The summed E-state index contributed by atoms with van der Waals surface area (Å²) in [4.78, 5) is 33.0. The third-order valence-electron chi connectivity index (χ3n) is 3.91. The van der Waals surface area contributed by atoms with Gasteiger partial charge in [-0.3, -0.25) is 14.9 Å². The molecule has 0 spiro atoms. The molecule has 1 aliphatic carbocycles. The zero-order chi connectivity index (χ0) is 15.0. The lowest BCUT2D eigenvalue weighted by Crippen LogP contribution is -2.42. The molecular weight excluding hydrogens is 260 g/mol. The van der Waals surface area contributed by atoms with E-state index < -0.39 is 17.9 Å². The van der Waals surface area contributed by atoms with Crippen LogP contribution in [0.5, 0.6) is 0 Å². The molecule has 0 bridgehead atoms. The van der Waals surface area contributed by atoms with Crippen molar-refractivity contribution in [2.24, 2.45) is 11.8 Å². The highest BCUT2D eigenvalue weighted by Crippen LogP contribution is 2.29. The minimum atomic E-state index is -1.05. The largest absolute Gasteiger partial charge is 0.481 e. The van der Waals surface area contributed by atoms with Crippen LogP contribution in [0.15, 0.2) is 0 Å². The van der Waals surface area contributed by atoms with Crippen LogP contribution >= 0.6 is 0 Å². The molecule has 3 amide bonds. The lowest BCUT2D eigenvalue weighted by Gasteiger charge is -2.27. The number of rotatable bonds is 6. The number of hydrogen-bond acceptors (Lipinski definition) is 3. The Kier molecular flexibility index (Phi) is 7.04. The molecule has 0 atom stereocenters. The first kappa shape index (κ1) is 16.5. The molecule has 20 heavy (non-hydrogen) atoms. The van der Waals surface area contributed by atoms with E-state index in [2.05, 4.69) is 17.6 Å². The highest BCUT2D eigenvalue weighted by molar-refractivity contribution is 5.95. The molecule has 0 saturated heterocycles. The van der Waals surface area contributed by atoms with Crippen LogP contribution in [-0.2, 0) is 9.59 Å². The van der Waals surface area contributed by atoms with Crippen molar-refractivity contribution in [1.29, 1.82) is 0 Å². The third-order valence-corrected chi connectivity index (χ3v) is 3.91. The standard InChI is InChI=1S/C14H24N2O4/c1-2-10-3-5-11(6-4-10)9-15-14(20)16-12(17)7-8-13(18)19/h10-11H,2-9H2,1H3,(H,18,19)(H2,15,16,17,20). The number of aliphatic carboxylic acids is 1. The number of nitrogens with one attached hydrogen (secondary N) is 2. The van der Waals surface area contributed by atoms with Gasteiger partial charge in [0.25, 0.3) is 0 Å². The molecule has 3 N–H and O–H groups in total. The van der Waals surface area contributed by atoms with Crippen molar-refractivity contribution >= 4 is 17.9 Å². The minimum Gasteiger partial charge on any atom is -0.481 e. The van der Waals surface area contributed by atoms with Crippen molar-refractivity contribution in [1.82, 2.24) is 10.6 Å². The van der Waals surface area contributed by atoms with Gasteiger partial charge in [0.15, 0.2) is 0 Å². The minimum absolute atomic E-state index is 0.176. The van der Waals surface area contributed by atoms with Crippen molar-refractivity contribution in [3.63, 3.8) is 0 Å². The zero-order valence-corrected chi connectivity index (χ0v) is 12.0. The summed E-state index contributed by atoms with van der Waals surface area (Å²) < 4.78 is 0. The lowest BCUT2D eigenvalue weighted by molar-refractivity contribution is -0.138. The van der Waals surface area contributed by atoms with E-state index in [-0.39, 0.29) is 12.8 Å². The zero-order valence-electron chi connectivity index (χ0n) is 12.0. The Morgan fingerprint density at radius 3 is 2.20 bits per heavy atom. The fourth-order valence-electron chi connectivity index (χ4n) is 2.53. The lowest BCUT2D eigenvalue weighted by atomic mass is 9.81. The smallest absolute Gasteiger partial charge is 0.321 e. The number of hydrogen-bond donors (Lipinski definition) is 3. The molecular formula is C14H24N2O4. The number of imide groups is 1. The predicted octanol–water partition coefficient (Wildman–Crippen LogP) is 1.89. The van der Waals surface area contributed by atoms with Crippen molar-refractivity contribution < 1.29 is 19.5 Å². The summed E-state index contributed by atoms with van der Waals surface area (Å²) in [6, 6.07) is -0.530. The normalized spacial score (nSPS) is 22.1. The second-order valence-electron chi connectivity index (χ2n) is 5.45. The fourth-order valence-corrected chi connectivity index (χ4v) is 2.53. The molecule has 114 valence electrons. The van der Waals surface area contributed by atoms with Crippen molar-refractivity contribution in [3.8, 4) is 0 Å². The number of amides is 3. The summed E-state index contributed by atoms with van der Waals surface area (Å²) in [6.07, 6.45) is 5.44. The summed E-state index contributed by atoms with van der Waals surface area (Å²) in [5.41, 5.74) is 0. The first-order valence-electron chi connectivity index (χ1n) is 7.30. The molecule has 6 nitrogen and oxygen atoms in total. The van der Waals surface area contributed by atoms with E-state index in [4.69, 9.17) is 5.11 Å². The summed E-state index contributed by atoms with van der Waals surface area (Å²) in [5, 5.41) is 13.3. The van der Waals surface area contributed by atoms with Crippen LogP contribution in [-0.4, -0.2) is 29.6 Å². The average Bonchev–Trinajstić information content (AvgIpc) is 2.43. The third kappa shape index (κ3) is 6.54. The van der Waals surface area contributed by atoms with Gasteiger partial charge in [-0.05, 0) is 24.7 Å². The highest BCUT2D eigenvalue weighted by atomic mass is 16.4. The Hall–Kier alpha value is -1.59. The quantitative estimate of drug-likeness (QED) is 0.694. The number of carbonyl (C=O) groups excluding carboxylic acids is 2. The molecule has 0 aromatic rings. The molecule has 1 rings (SSSR count). The van der Waals surface area contributed by atoms with Crippen LogP contribution in [0, 0.1) is 11.8 Å². The van der Waals surface area contributed by atoms with Gasteiger partial charge in [0, 0.05) is 13.0 Å². The molecule has 1 saturated carbocycles. The van der Waals surface area contributed by atoms with Gasteiger partial charge in [-0.25, -0.2) is 4.79 Å². The molecule has 6 heteroatoms. The Morgan fingerprint density at radius 2 is 1.65 bits per heavy atom. The highest BCUT2D eigenvalue weighted by Gasteiger charge is 2.20. The Bertz CT molecular complexity index is 349. The van der Waals surface area contributed by atoms with E-state index in [1.807, 2.05) is 0 Å². The first-order chi connectivity index (χ1) is 9.51. The van der Waals surface area contributed by atoms with E-state index >= 15 is 0 Å². The predicted molar refractivity (Wildman–Crippen MR) is 74.2 cm³/mol. The van der Waals surface area contributed by atoms with Crippen molar-refractivity contribution in [2.75, 3.05) is 6.54 Å². The van der Waals surface area contributed by atoms with Gasteiger partial charge in [0.2, 0.25) is 5.91 Å². The summed E-state index contributed by atoms with van der Waals surface area (Å²) >= 11 is 0. The van der Waals surface area contributed by atoms with Crippen molar-refractivity contribution in [3.05, 3.63) is 0 Å². The Labute approximate surface area is 119 Å². The molecule has 0 aromatic heterocycles. The van der Waals surface area contributed by atoms with Gasteiger partial charge in [0.1, 0.15) is 0 Å². The van der Waals surface area contributed by atoms with Gasteiger partial charge in [-0.2, -0.15) is 0 Å². The maximum Gasteiger partial charge on any atom is 0.321 e. The number of urea groups is 1. The molecule has 0 heterocycles. The van der Waals surface area contributed by atoms with Crippen LogP contribution in [0.2, 0.25) is 0 Å². The van der Waals surface area contributed by atoms with E-state index in [9.17, 15) is 14.4 Å². The summed E-state index contributed by atoms with van der Waals surface area (Å²) in [6.45, 7) is 2.79. The van der Waals surface area contributed by atoms with Crippen molar-refractivity contribution in [2.45, 2.75) is 51.9 Å². The first-order valence-corrected chi connectivity index (χ1v) is 7.30. The molecule has 0 unspecified atom stereocenters. The van der Waals surface area contributed by atoms with Gasteiger partial charge in [0.05, 0.1) is 6.42 Å². The van der Waals surface area contributed by atoms with Crippen LogP contribution in [0.3, 0.4) is 0 Å². The van der Waals surface area contributed by atoms with Gasteiger partial charge in [-0.1, -0.05) is 26.2 Å². The molecule has 1 fully saturated rings. The van der Waals surface area contributed by atoms with Crippen LogP contribution < -0.4 is 10.6 Å². The molecule has 1 aliphatic rings. The van der Waals surface area contributed by atoms with Crippen LogP contribution in [0.1, 0.15) is 51.9 Å².